The molecular weight excluding hydrogens is 332 g/mol. The van der Waals surface area contributed by atoms with Gasteiger partial charge in [0.25, 0.3) is 5.91 Å². The fraction of sp³-hybridized carbons (Fsp3) is 0.300. The maximum Gasteiger partial charge on any atom is 0.277 e. The summed E-state index contributed by atoms with van der Waals surface area (Å²) >= 11 is 0. The van der Waals surface area contributed by atoms with Gasteiger partial charge in [-0.1, -0.05) is 32.9 Å². The van der Waals surface area contributed by atoms with E-state index in [1.54, 1.807) is 6.92 Å². The minimum atomic E-state index is -0.427. The van der Waals surface area contributed by atoms with Crippen LogP contribution in [0.1, 0.15) is 38.8 Å². The van der Waals surface area contributed by atoms with Crippen LogP contribution >= 0.6 is 0 Å². The number of phenols is 2. The average Bonchev–Trinajstić information content (AvgIpc) is 2.59. The number of carbonyl (C=O) groups is 1. The highest BCUT2D eigenvalue weighted by Gasteiger charge is 2.13. The Hall–Kier alpha value is -3.02. The largest absolute Gasteiger partial charge is 0.508 e. The molecule has 2 aromatic carbocycles. The SMILES string of the molecule is C/C(=N/NC(=O)COc1ccc(C(C)(C)C)cc1)c1cc(O)ccc1O. The zero-order valence-corrected chi connectivity index (χ0v) is 15.4. The van der Waals surface area contributed by atoms with E-state index in [0.717, 1.165) is 0 Å². The quantitative estimate of drug-likeness (QED) is 0.435. The molecular formula is C20H24N2O4. The Labute approximate surface area is 153 Å². The lowest BCUT2D eigenvalue weighted by atomic mass is 9.87. The molecule has 2 aromatic rings. The lowest BCUT2D eigenvalue weighted by molar-refractivity contribution is -0.123. The lowest BCUT2D eigenvalue weighted by Crippen LogP contribution is -2.25. The third-order valence-electron chi connectivity index (χ3n) is 3.81. The molecule has 2 rings (SSSR count). The van der Waals surface area contributed by atoms with Crippen LogP contribution in [0.5, 0.6) is 17.2 Å². The van der Waals surface area contributed by atoms with Gasteiger partial charge in [0.15, 0.2) is 6.61 Å². The van der Waals surface area contributed by atoms with Crippen LogP contribution in [0.15, 0.2) is 47.6 Å². The normalized spacial score (nSPS) is 11.9. The van der Waals surface area contributed by atoms with Crippen molar-refractivity contribution in [1.82, 2.24) is 5.43 Å². The molecule has 6 nitrogen and oxygen atoms in total. The molecule has 0 heterocycles. The van der Waals surface area contributed by atoms with Crippen molar-refractivity contribution >= 4 is 11.6 Å². The first-order chi connectivity index (χ1) is 12.2. The van der Waals surface area contributed by atoms with Gasteiger partial charge in [-0.05, 0) is 48.2 Å². The topological polar surface area (TPSA) is 91.2 Å². The van der Waals surface area contributed by atoms with Gasteiger partial charge in [-0.2, -0.15) is 5.10 Å². The number of nitrogens with one attached hydrogen (secondary N) is 1. The van der Waals surface area contributed by atoms with E-state index in [0.29, 0.717) is 17.0 Å². The Balaban J connectivity index is 1.91. The van der Waals surface area contributed by atoms with Crippen LogP contribution in [-0.2, 0) is 10.2 Å². The highest BCUT2D eigenvalue weighted by Crippen LogP contribution is 2.24. The van der Waals surface area contributed by atoms with Crippen LogP contribution < -0.4 is 10.2 Å². The molecule has 3 N–H and O–H groups in total. The van der Waals surface area contributed by atoms with E-state index in [4.69, 9.17) is 4.74 Å². The van der Waals surface area contributed by atoms with Gasteiger partial charge in [0.2, 0.25) is 0 Å². The van der Waals surface area contributed by atoms with Crippen LogP contribution in [0.4, 0.5) is 0 Å². The smallest absolute Gasteiger partial charge is 0.277 e. The molecule has 0 aliphatic rings. The van der Waals surface area contributed by atoms with Crippen molar-refractivity contribution in [2.24, 2.45) is 5.10 Å². The summed E-state index contributed by atoms with van der Waals surface area (Å²) in [5.41, 5.74) is 4.30. The molecule has 0 aliphatic carbocycles. The summed E-state index contributed by atoms with van der Waals surface area (Å²) in [6.07, 6.45) is 0. The number of hydrazone groups is 1. The zero-order chi connectivity index (χ0) is 19.3. The number of carbonyl (C=O) groups excluding carboxylic acids is 1. The van der Waals surface area contributed by atoms with Gasteiger partial charge in [-0.25, -0.2) is 5.43 Å². The maximum atomic E-state index is 11.9. The summed E-state index contributed by atoms with van der Waals surface area (Å²) in [4.78, 5) is 11.9. The monoisotopic (exact) mass is 356 g/mol. The van der Waals surface area contributed by atoms with Crippen LogP contribution in [-0.4, -0.2) is 28.4 Å². The number of rotatable bonds is 5. The highest BCUT2D eigenvalue weighted by molar-refractivity contribution is 6.01. The summed E-state index contributed by atoms with van der Waals surface area (Å²) in [6.45, 7) is 7.81. The summed E-state index contributed by atoms with van der Waals surface area (Å²) < 4.78 is 5.45. The van der Waals surface area contributed by atoms with Gasteiger partial charge >= 0.3 is 0 Å². The van der Waals surface area contributed by atoms with Crippen molar-refractivity contribution < 1.29 is 19.7 Å². The highest BCUT2D eigenvalue weighted by atomic mass is 16.5. The molecule has 26 heavy (non-hydrogen) atoms. The third-order valence-corrected chi connectivity index (χ3v) is 3.81. The second kappa shape index (κ2) is 7.91. The van der Waals surface area contributed by atoms with Crippen molar-refractivity contribution in [3.05, 3.63) is 53.6 Å². The number of amides is 1. The molecule has 0 radical (unpaired) electrons. The fourth-order valence-electron chi connectivity index (χ4n) is 2.25. The summed E-state index contributed by atoms with van der Waals surface area (Å²) in [5, 5.41) is 23.2. The molecule has 0 saturated carbocycles. The Morgan fingerprint density at radius 1 is 1.12 bits per heavy atom. The van der Waals surface area contributed by atoms with Crippen LogP contribution in [0.3, 0.4) is 0 Å². The van der Waals surface area contributed by atoms with Gasteiger partial charge in [0, 0.05) is 5.56 Å². The summed E-state index contributed by atoms with van der Waals surface area (Å²) in [5.74, 6) is 0.137. The molecule has 0 saturated heterocycles. The number of aromatic hydroxyl groups is 2. The Morgan fingerprint density at radius 3 is 2.38 bits per heavy atom. The van der Waals surface area contributed by atoms with Crippen LogP contribution in [0, 0.1) is 0 Å². The first kappa shape index (κ1) is 19.3. The zero-order valence-electron chi connectivity index (χ0n) is 15.4. The van der Waals surface area contributed by atoms with E-state index in [1.165, 1.54) is 23.8 Å². The van der Waals surface area contributed by atoms with Gasteiger partial charge < -0.3 is 14.9 Å². The molecule has 1 amide bonds. The van der Waals surface area contributed by atoms with Gasteiger partial charge in [-0.3, -0.25) is 4.79 Å². The molecule has 0 fully saturated rings. The van der Waals surface area contributed by atoms with E-state index in [1.807, 2.05) is 24.3 Å². The average molecular weight is 356 g/mol. The second-order valence-corrected chi connectivity index (χ2v) is 7.00. The first-order valence-corrected chi connectivity index (χ1v) is 8.25. The Bertz CT molecular complexity index is 806. The fourth-order valence-corrected chi connectivity index (χ4v) is 2.25. The standard InChI is InChI=1S/C20H24N2O4/c1-13(17-11-15(23)7-10-18(17)24)21-22-19(25)12-26-16-8-5-14(6-9-16)20(2,3)4/h5-11,23-24H,12H2,1-4H3,(H,22,25)/b21-13-. The van der Waals surface area contributed by atoms with E-state index in [-0.39, 0.29) is 23.5 Å². The van der Waals surface area contributed by atoms with E-state index in [9.17, 15) is 15.0 Å². The predicted molar refractivity (Wildman–Crippen MR) is 101 cm³/mol. The Kier molecular flexibility index (Phi) is 5.87. The molecule has 0 spiro atoms. The third kappa shape index (κ3) is 5.24. The summed E-state index contributed by atoms with van der Waals surface area (Å²) in [7, 11) is 0. The van der Waals surface area contributed by atoms with Crippen molar-refractivity contribution in [3.8, 4) is 17.2 Å². The molecule has 0 bridgehead atoms. The molecule has 0 atom stereocenters. The van der Waals surface area contributed by atoms with E-state index >= 15 is 0 Å². The van der Waals surface area contributed by atoms with E-state index < -0.39 is 5.91 Å². The van der Waals surface area contributed by atoms with Gasteiger partial charge in [0.1, 0.15) is 17.2 Å². The number of phenolic OH excluding ortho intramolecular Hbond substituents is 2. The number of benzene rings is 2. The maximum absolute atomic E-state index is 11.9. The number of ether oxygens (including phenoxy) is 1. The number of hydrogen-bond donors (Lipinski definition) is 3. The minimum absolute atomic E-state index is 0.000661. The predicted octanol–water partition coefficient (Wildman–Crippen LogP) is 3.31. The van der Waals surface area contributed by atoms with Gasteiger partial charge in [0.05, 0.1) is 5.71 Å². The molecule has 138 valence electrons. The van der Waals surface area contributed by atoms with Crippen molar-refractivity contribution in [2.75, 3.05) is 6.61 Å². The summed E-state index contributed by atoms with van der Waals surface area (Å²) in [6, 6.07) is 11.7. The first-order valence-electron chi connectivity index (χ1n) is 8.25. The van der Waals surface area contributed by atoms with Crippen LogP contribution in [0.2, 0.25) is 0 Å². The lowest BCUT2D eigenvalue weighted by Gasteiger charge is -2.19. The van der Waals surface area contributed by atoms with Gasteiger partial charge in [-0.15, -0.1) is 0 Å². The van der Waals surface area contributed by atoms with Crippen LogP contribution in [0.25, 0.3) is 0 Å². The molecule has 0 aliphatic heterocycles. The van der Waals surface area contributed by atoms with Crippen molar-refractivity contribution in [1.29, 1.82) is 0 Å². The number of hydrogen-bond acceptors (Lipinski definition) is 5. The molecule has 6 heteroatoms. The molecule has 0 aromatic heterocycles. The minimum Gasteiger partial charge on any atom is -0.508 e. The van der Waals surface area contributed by atoms with Crippen molar-refractivity contribution in [2.45, 2.75) is 33.1 Å². The second-order valence-electron chi connectivity index (χ2n) is 7.00. The van der Waals surface area contributed by atoms with E-state index in [2.05, 4.69) is 31.3 Å². The Morgan fingerprint density at radius 2 is 1.77 bits per heavy atom. The molecule has 0 unspecified atom stereocenters. The number of nitrogens with zero attached hydrogens (tertiary/aromatic N) is 1. The van der Waals surface area contributed by atoms with Crippen molar-refractivity contribution in [3.63, 3.8) is 0 Å².